The summed E-state index contributed by atoms with van der Waals surface area (Å²) < 4.78 is 29.2. The van der Waals surface area contributed by atoms with Crippen molar-refractivity contribution in [1.82, 2.24) is 0 Å². The maximum atomic E-state index is 5.75. The van der Waals surface area contributed by atoms with Gasteiger partial charge >= 0.3 is 0 Å². The maximum absolute atomic E-state index is 5.75. The van der Waals surface area contributed by atoms with Gasteiger partial charge in [-0.1, -0.05) is 64.5 Å². The van der Waals surface area contributed by atoms with E-state index < -0.39 is 0 Å². The SMILES string of the molecule is CCCCCCN(CCCCCC)c1ccc(-c2ccc(-c3cc[n+](CCOCCOCCOCCOCCOC)cc3)s2)cc1. The third-order valence-electron chi connectivity index (χ3n) is 7.90. The minimum Gasteiger partial charge on any atom is -0.382 e. The largest absolute Gasteiger partial charge is 0.382 e. The summed E-state index contributed by atoms with van der Waals surface area (Å²) in [6.07, 6.45) is 14.7. The Hall–Kier alpha value is -2.33. The van der Waals surface area contributed by atoms with E-state index in [1.54, 1.807) is 7.11 Å². The van der Waals surface area contributed by atoms with E-state index in [4.69, 9.17) is 23.7 Å². The predicted octanol–water partition coefficient (Wildman–Crippen LogP) is 8.05. The number of benzene rings is 1. The van der Waals surface area contributed by atoms with Crippen LogP contribution in [0.15, 0.2) is 60.9 Å². The number of anilines is 1. The third kappa shape index (κ3) is 15.5. The smallest absolute Gasteiger partial charge is 0.171 e. The molecule has 0 radical (unpaired) electrons. The second-order valence-corrected chi connectivity index (χ2v) is 12.7. The van der Waals surface area contributed by atoms with Crippen molar-refractivity contribution < 1.29 is 28.3 Å². The molecule has 0 unspecified atom stereocenters. The number of rotatable bonds is 28. The second kappa shape index (κ2) is 24.8. The minimum absolute atomic E-state index is 0.560. The fraction of sp³-hybridized carbons (Fsp3) is 0.605. The van der Waals surface area contributed by atoms with Crippen LogP contribution in [0.2, 0.25) is 0 Å². The van der Waals surface area contributed by atoms with Gasteiger partial charge in [-0.05, 0) is 42.7 Å². The van der Waals surface area contributed by atoms with E-state index in [0.717, 1.165) is 19.6 Å². The van der Waals surface area contributed by atoms with Crippen LogP contribution in [0.25, 0.3) is 20.9 Å². The molecule has 0 fully saturated rings. The summed E-state index contributed by atoms with van der Waals surface area (Å²) in [5, 5.41) is 0. The first-order valence-corrected chi connectivity index (χ1v) is 18.3. The fourth-order valence-corrected chi connectivity index (χ4v) is 6.18. The van der Waals surface area contributed by atoms with Gasteiger partial charge < -0.3 is 28.6 Å². The van der Waals surface area contributed by atoms with Crippen molar-refractivity contribution in [2.45, 2.75) is 71.8 Å². The summed E-state index contributed by atoms with van der Waals surface area (Å²) in [5.74, 6) is 0. The lowest BCUT2D eigenvalue weighted by atomic mass is 10.1. The molecule has 0 aliphatic rings. The predicted molar refractivity (Wildman–Crippen MR) is 191 cm³/mol. The molecule has 1 aromatic carbocycles. The average molecular weight is 656 g/mol. The van der Waals surface area contributed by atoms with Crippen molar-refractivity contribution in [2.75, 3.05) is 84.6 Å². The van der Waals surface area contributed by atoms with E-state index in [0.29, 0.717) is 59.5 Å². The van der Waals surface area contributed by atoms with Crippen molar-refractivity contribution in [1.29, 1.82) is 0 Å². The van der Waals surface area contributed by atoms with E-state index in [1.807, 2.05) is 11.3 Å². The Kier molecular flexibility index (Phi) is 20.5. The third-order valence-corrected chi connectivity index (χ3v) is 9.09. The van der Waals surface area contributed by atoms with Crippen molar-refractivity contribution in [3.05, 3.63) is 60.9 Å². The van der Waals surface area contributed by atoms with E-state index in [9.17, 15) is 0 Å². The lowest BCUT2D eigenvalue weighted by molar-refractivity contribution is -0.698. The summed E-state index contributed by atoms with van der Waals surface area (Å²) in [5.41, 5.74) is 3.89. The Bertz CT molecular complexity index is 1130. The van der Waals surface area contributed by atoms with E-state index in [2.05, 4.69) is 84.2 Å². The highest BCUT2D eigenvalue weighted by atomic mass is 32.1. The molecule has 3 aromatic rings. The Morgan fingerprint density at radius 1 is 0.543 bits per heavy atom. The first-order valence-electron chi connectivity index (χ1n) is 17.5. The second-order valence-electron chi connectivity index (χ2n) is 11.6. The highest BCUT2D eigenvalue weighted by Crippen LogP contribution is 2.35. The average Bonchev–Trinajstić information content (AvgIpc) is 3.59. The number of hydrogen-bond donors (Lipinski definition) is 0. The van der Waals surface area contributed by atoms with Gasteiger partial charge in [0.15, 0.2) is 18.9 Å². The normalized spacial score (nSPS) is 11.4. The first-order chi connectivity index (χ1) is 22.7. The number of aromatic nitrogens is 1. The van der Waals surface area contributed by atoms with Crippen LogP contribution in [0.5, 0.6) is 0 Å². The molecule has 2 aromatic heterocycles. The summed E-state index contributed by atoms with van der Waals surface area (Å²) in [6, 6.07) is 18.1. The van der Waals surface area contributed by atoms with Crippen LogP contribution in [0.1, 0.15) is 65.2 Å². The zero-order valence-electron chi connectivity index (χ0n) is 28.8. The Labute approximate surface area is 282 Å². The van der Waals surface area contributed by atoms with Crippen LogP contribution in [0.4, 0.5) is 5.69 Å². The molecule has 0 amide bonds. The van der Waals surface area contributed by atoms with Gasteiger partial charge in [-0.25, -0.2) is 4.57 Å². The quantitative estimate of drug-likeness (QED) is 0.0583. The molecule has 2 heterocycles. The molecule has 0 aliphatic carbocycles. The maximum Gasteiger partial charge on any atom is 0.171 e. The summed E-state index contributed by atoms with van der Waals surface area (Å²) in [7, 11) is 1.66. The molecule has 0 bridgehead atoms. The van der Waals surface area contributed by atoms with Gasteiger partial charge in [0.2, 0.25) is 0 Å². The van der Waals surface area contributed by atoms with Crippen molar-refractivity contribution in [3.63, 3.8) is 0 Å². The number of thiophene rings is 1. The number of pyridine rings is 1. The summed E-state index contributed by atoms with van der Waals surface area (Å²) in [6.45, 7) is 13.0. The lowest BCUT2D eigenvalue weighted by Gasteiger charge is -2.25. The van der Waals surface area contributed by atoms with Crippen molar-refractivity contribution >= 4 is 17.0 Å². The molecule has 8 heteroatoms. The Morgan fingerprint density at radius 3 is 1.52 bits per heavy atom. The number of unbranched alkanes of at least 4 members (excludes halogenated alkanes) is 6. The highest BCUT2D eigenvalue weighted by molar-refractivity contribution is 7.18. The molecular weight excluding hydrogens is 596 g/mol. The molecule has 256 valence electrons. The van der Waals surface area contributed by atoms with Gasteiger partial charge in [0, 0.05) is 53.3 Å². The molecule has 0 spiro atoms. The van der Waals surface area contributed by atoms with Crippen LogP contribution >= 0.6 is 11.3 Å². The molecule has 0 saturated heterocycles. The monoisotopic (exact) mass is 655 g/mol. The fourth-order valence-electron chi connectivity index (χ4n) is 5.16. The highest BCUT2D eigenvalue weighted by Gasteiger charge is 2.10. The molecule has 3 rings (SSSR count). The Morgan fingerprint density at radius 2 is 1.02 bits per heavy atom. The molecule has 0 N–H and O–H groups in total. The zero-order valence-corrected chi connectivity index (χ0v) is 29.6. The molecular formula is C38H59N2O5S+. The summed E-state index contributed by atoms with van der Waals surface area (Å²) >= 11 is 1.86. The van der Waals surface area contributed by atoms with E-state index in [-0.39, 0.29) is 0 Å². The molecule has 7 nitrogen and oxygen atoms in total. The molecule has 0 saturated carbocycles. The van der Waals surface area contributed by atoms with Gasteiger partial charge in [-0.2, -0.15) is 0 Å². The van der Waals surface area contributed by atoms with Gasteiger partial charge in [0.25, 0.3) is 0 Å². The standard InChI is InChI=1S/C38H59N2O5S/c1-4-6-8-10-20-40(21-11-9-7-5-2)36-14-12-34(13-15-36)37-16-17-38(46-37)35-18-22-39(23-19-35)24-25-42-28-29-44-32-33-45-31-30-43-27-26-41-3/h12-19,22-23H,4-11,20-21,24-33H2,1-3H3/q+1. The number of ether oxygens (including phenoxy) is 5. The zero-order chi connectivity index (χ0) is 32.5. The minimum atomic E-state index is 0.560. The van der Waals surface area contributed by atoms with Crippen LogP contribution in [0.3, 0.4) is 0 Å². The van der Waals surface area contributed by atoms with Gasteiger partial charge in [-0.15, -0.1) is 11.3 Å². The summed E-state index contributed by atoms with van der Waals surface area (Å²) in [4.78, 5) is 5.20. The van der Waals surface area contributed by atoms with Gasteiger partial charge in [0.1, 0.15) is 6.61 Å². The molecule has 0 atom stereocenters. The van der Waals surface area contributed by atoms with Crippen molar-refractivity contribution in [3.8, 4) is 20.9 Å². The van der Waals surface area contributed by atoms with Crippen LogP contribution < -0.4 is 9.47 Å². The topological polar surface area (TPSA) is 53.3 Å². The molecule has 0 aliphatic heterocycles. The lowest BCUT2D eigenvalue weighted by Crippen LogP contribution is -2.35. The van der Waals surface area contributed by atoms with Gasteiger partial charge in [0.05, 0.1) is 52.9 Å². The van der Waals surface area contributed by atoms with E-state index >= 15 is 0 Å². The van der Waals surface area contributed by atoms with Crippen LogP contribution in [-0.4, -0.2) is 79.7 Å². The molecule has 46 heavy (non-hydrogen) atoms. The van der Waals surface area contributed by atoms with Crippen molar-refractivity contribution in [2.24, 2.45) is 0 Å². The van der Waals surface area contributed by atoms with E-state index in [1.165, 1.54) is 77.9 Å². The van der Waals surface area contributed by atoms with Crippen LogP contribution in [-0.2, 0) is 30.2 Å². The number of nitrogens with zero attached hydrogens (tertiary/aromatic N) is 2. The number of hydrogen-bond acceptors (Lipinski definition) is 7. The Balaban J connectivity index is 1.36. The first kappa shape index (κ1) is 38.1. The van der Waals surface area contributed by atoms with Gasteiger partial charge in [-0.3, -0.25) is 0 Å². The van der Waals surface area contributed by atoms with Crippen LogP contribution in [0, 0.1) is 0 Å². The number of methoxy groups -OCH3 is 1.